The molecular weight excluding hydrogens is 196 g/mol. The Kier molecular flexibility index (Phi) is 3.76. The molecule has 1 saturated carbocycles. The molecule has 1 unspecified atom stereocenters. The molecule has 0 saturated heterocycles. The van der Waals surface area contributed by atoms with Crippen molar-refractivity contribution in [1.29, 1.82) is 0 Å². The van der Waals surface area contributed by atoms with E-state index in [-0.39, 0.29) is 0 Å². The van der Waals surface area contributed by atoms with Gasteiger partial charge in [0.25, 0.3) is 0 Å². The van der Waals surface area contributed by atoms with Crippen molar-refractivity contribution in [2.24, 2.45) is 11.8 Å². The van der Waals surface area contributed by atoms with Crippen LogP contribution < -0.4 is 0 Å². The van der Waals surface area contributed by atoms with E-state index in [1.165, 1.54) is 18.4 Å². The second kappa shape index (κ2) is 5.29. The second-order valence-electron chi connectivity index (χ2n) is 5.06. The third kappa shape index (κ3) is 2.94. The van der Waals surface area contributed by atoms with E-state index in [9.17, 15) is 4.79 Å². The van der Waals surface area contributed by atoms with Gasteiger partial charge in [-0.3, -0.25) is 4.79 Å². The maximum Gasteiger partial charge on any atom is 0.135 e. The van der Waals surface area contributed by atoms with Crippen LogP contribution >= 0.6 is 0 Å². The average Bonchev–Trinajstić information content (AvgIpc) is 2.43. The molecule has 1 aromatic rings. The third-order valence-electron chi connectivity index (χ3n) is 3.66. The van der Waals surface area contributed by atoms with Crippen LogP contribution in [0.25, 0.3) is 0 Å². The first-order valence-electron chi connectivity index (χ1n) is 6.32. The SMILES string of the molecule is CC1CCC[C@H](Cc2ccccc2)CC1=O. The van der Waals surface area contributed by atoms with Gasteiger partial charge in [-0.15, -0.1) is 0 Å². The number of carbonyl (C=O) groups excluding carboxylic acids is 1. The Morgan fingerprint density at radius 1 is 1.19 bits per heavy atom. The normalized spacial score (nSPS) is 26.4. The number of ketones is 1. The van der Waals surface area contributed by atoms with Gasteiger partial charge in [0.2, 0.25) is 0 Å². The van der Waals surface area contributed by atoms with Gasteiger partial charge in [-0.2, -0.15) is 0 Å². The van der Waals surface area contributed by atoms with E-state index in [2.05, 4.69) is 31.2 Å². The zero-order chi connectivity index (χ0) is 11.4. The van der Waals surface area contributed by atoms with Crippen LogP contribution in [0.4, 0.5) is 0 Å². The summed E-state index contributed by atoms with van der Waals surface area (Å²) in [4.78, 5) is 11.8. The molecule has 16 heavy (non-hydrogen) atoms. The van der Waals surface area contributed by atoms with E-state index in [1.807, 2.05) is 6.07 Å². The van der Waals surface area contributed by atoms with Crippen molar-refractivity contribution in [1.82, 2.24) is 0 Å². The number of rotatable bonds is 2. The van der Waals surface area contributed by atoms with Crippen molar-refractivity contribution in [3.05, 3.63) is 35.9 Å². The van der Waals surface area contributed by atoms with Gasteiger partial charge in [0.15, 0.2) is 0 Å². The van der Waals surface area contributed by atoms with Gasteiger partial charge in [0.1, 0.15) is 5.78 Å². The van der Waals surface area contributed by atoms with Gasteiger partial charge >= 0.3 is 0 Å². The first kappa shape index (κ1) is 11.4. The van der Waals surface area contributed by atoms with Crippen LogP contribution in [0, 0.1) is 11.8 Å². The molecule has 1 heteroatoms. The summed E-state index contributed by atoms with van der Waals surface area (Å²) in [6.45, 7) is 2.08. The molecule has 2 rings (SSSR count). The predicted octanol–water partition coefficient (Wildman–Crippen LogP) is 3.62. The molecule has 1 aliphatic rings. The molecule has 0 radical (unpaired) electrons. The van der Waals surface area contributed by atoms with E-state index in [0.29, 0.717) is 17.6 Å². The Labute approximate surface area is 97.9 Å². The quantitative estimate of drug-likeness (QED) is 0.690. The smallest absolute Gasteiger partial charge is 0.135 e. The fraction of sp³-hybridized carbons (Fsp3) is 0.533. The van der Waals surface area contributed by atoms with Crippen LogP contribution in [0.3, 0.4) is 0 Å². The minimum absolute atomic E-state index is 0.292. The van der Waals surface area contributed by atoms with Crippen LogP contribution in [-0.2, 0) is 11.2 Å². The molecule has 0 spiro atoms. The van der Waals surface area contributed by atoms with E-state index < -0.39 is 0 Å². The lowest BCUT2D eigenvalue weighted by molar-refractivity contribution is -0.122. The minimum Gasteiger partial charge on any atom is -0.299 e. The summed E-state index contributed by atoms with van der Waals surface area (Å²) in [5, 5.41) is 0. The van der Waals surface area contributed by atoms with Crippen LogP contribution in [0.15, 0.2) is 30.3 Å². The fourth-order valence-corrected chi connectivity index (χ4v) is 2.58. The highest BCUT2D eigenvalue weighted by atomic mass is 16.1. The average molecular weight is 216 g/mol. The van der Waals surface area contributed by atoms with Crippen LogP contribution in [0.5, 0.6) is 0 Å². The first-order valence-corrected chi connectivity index (χ1v) is 6.32. The number of Topliss-reactive ketones (excluding diaryl/α,β-unsaturated/α-hetero) is 1. The van der Waals surface area contributed by atoms with Gasteiger partial charge in [0.05, 0.1) is 0 Å². The maximum absolute atomic E-state index is 11.8. The highest BCUT2D eigenvalue weighted by Crippen LogP contribution is 2.27. The fourth-order valence-electron chi connectivity index (χ4n) is 2.58. The predicted molar refractivity (Wildman–Crippen MR) is 66.3 cm³/mol. The van der Waals surface area contributed by atoms with Gasteiger partial charge in [-0.1, -0.05) is 43.7 Å². The minimum atomic E-state index is 0.292. The summed E-state index contributed by atoms with van der Waals surface area (Å²) in [6.07, 6.45) is 5.37. The maximum atomic E-state index is 11.8. The third-order valence-corrected chi connectivity index (χ3v) is 3.66. The Bertz CT molecular complexity index is 342. The Hall–Kier alpha value is -1.11. The largest absolute Gasteiger partial charge is 0.299 e. The Morgan fingerprint density at radius 3 is 2.69 bits per heavy atom. The Morgan fingerprint density at radius 2 is 1.94 bits per heavy atom. The van der Waals surface area contributed by atoms with E-state index in [1.54, 1.807) is 0 Å². The molecule has 0 amide bonds. The highest BCUT2D eigenvalue weighted by Gasteiger charge is 2.22. The van der Waals surface area contributed by atoms with Gasteiger partial charge in [0, 0.05) is 12.3 Å². The number of benzene rings is 1. The monoisotopic (exact) mass is 216 g/mol. The first-order chi connectivity index (χ1) is 7.75. The van der Waals surface area contributed by atoms with Gasteiger partial charge in [-0.25, -0.2) is 0 Å². The van der Waals surface area contributed by atoms with E-state index in [0.717, 1.165) is 19.3 Å². The number of hydrogen-bond donors (Lipinski definition) is 0. The second-order valence-corrected chi connectivity index (χ2v) is 5.06. The summed E-state index contributed by atoms with van der Waals surface area (Å²) in [5.41, 5.74) is 1.37. The van der Waals surface area contributed by atoms with Gasteiger partial charge < -0.3 is 0 Å². The standard InChI is InChI=1S/C15H20O/c1-12-6-5-9-14(11-15(12)16)10-13-7-3-2-4-8-13/h2-4,7-8,12,14H,5-6,9-11H2,1H3/t12?,14-/m1/s1. The molecule has 0 bridgehead atoms. The lowest BCUT2D eigenvalue weighted by Gasteiger charge is -2.13. The van der Waals surface area contributed by atoms with Crippen molar-refractivity contribution >= 4 is 5.78 Å². The molecule has 0 heterocycles. The molecule has 86 valence electrons. The summed E-state index contributed by atoms with van der Waals surface area (Å²) >= 11 is 0. The van der Waals surface area contributed by atoms with Crippen molar-refractivity contribution in [2.45, 2.75) is 39.0 Å². The summed E-state index contributed by atoms with van der Waals surface area (Å²) in [6, 6.07) is 10.5. The number of carbonyl (C=O) groups is 1. The van der Waals surface area contributed by atoms with E-state index >= 15 is 0 Å². The van der Waals surface area contributed by atoms with Crippen LogP contribution in [-0.4, -0.2) is 5.78 Å². The van der Waals surface area contributed by atoms with Gasteiger partial charge in [-0.05, 0) is 30.7 Å². The molecule has 1 aliphatic carbocycles. The van der Waals surface area contributed by atoms with Crippen molar-refractivity contribution in [3.63, 3.8) is 0 Å². The molecule has 0 aromatic heterocycles. The molecular formula is C15H20O. The molecule has 1 aromatic carbocycles. The summed E-state index contributed by atoms with van der Waals surface area (Å²) in [5.74, 6) is 1.33. The van der Waals surface area contributed by atoms with Crippen molar-refractivity contribution in [2.75, 3.05) is 0 Å². The zero-order valence-corrected chi connectivity index (χ0v) is 9.99. The topological polar surface area (TPSA) is 17.1 Å². The lowest BCUT2D eigenvalue weighted by atomic mass is 9.91. The van der Waals surface area contributed by atoms with Crippen molar-refractivity contribution in [3.8, 4) is 0 Å². The lowest BCUT2D eigenvalue weighted by Crippen LogP contribution is -2.13. The summed E-state index contributed by atoms with van der Waals surface area (Å²) < 4.78 is 0. The zero-order valence-electron chi connectivity index (χ0n) is 9.99. The molecule has 0 aliphatic heterocycles. The molecule has 1 fully saturated rings. The molecule has 0 N–H and O–H groups in total. The van der Waals surface area contributed by atoms with Crippen molar-refractivity contribution < 1.29 is 4.79 Å². The Balaban J connectivity index is 1.97. The molecule has 2 atom stereocenters. The number of hydrogen-bond acceptors (Lipinski definition) is 1. The van der Waals surface area contributed by atoms with Crippen LogP contribution in [0.2, 0.25) is 0 Å². The van der Waals surface area contributed by atoms with E-state index in [4.69, 9.17) is 0 Å². The van der Waals surface area contributed by atoms with Crippen LogP contribution in [0.1, 0.15) is 38.2 Å². The molecule has 1 nitrogen and oxygen atoms in total. The highest BCUT2D eigenvalue weighted by molar-refractivity contribution is 5.81. The summed E-state index contributed by atoms with van der Waals surface area (Å²) in [7, 11) is 0.